The summed E-state index contributed by atoms with van der Waals surface area (Å²) in [6, 6.07) is 2.50. The highest BCUT2D eigenvalue weighted by atomic mass is 32.2. The Bertz CT molecular complexity index is 664. The van der Waals surface area contributed by atoms with E-state index in [0.29, 0.717) is 11.1 Å². The number of carbonyl (C=O) groups is 2. The van der Waals surface area contributed by atoms with Gasteiger partial charge in [0.1, 0.15) is 5.25 Å². The third-order valence-corrected chi connectivity index (χ3v) is 5.44. The van der Waals surface area contributed by atoms with Crippen LogP contribution in [-0.4, -0.2) is 37.7 Å². The minimum atomic E-state index is -3.93. The molecular formula is C13H17NO5S. The van der Waals surface area contributed by atoms with Crippen LogP contribution in [0.5, 0.6) is 0 Å². The summed E-state index contributed by atoms with van der Waals surface area (Å²) in [5.41, 5.74) is 0.883. The fourth-order valence-electron chi connectivity index (χ4n) is 1.78. The highest BCUT2D eigenvalue weighted by molar-refractivity contribution is 7.92. The topological polar surface area (TPSA) is 101 Å². The van der Waals surface area contributed by atoms with Crippen LogP contribution in [0, 0.1) is 13.8 Å². The molecule has 0 bridgehead atoms. The summed E-state index contributed by atoms with van der Waals surface area (Å²) >= 11 is 0. The van der Waals surface area contributed by atoms with Crippen molar-refractivity contribution in [1.29, 1.82) is 0 Å². The normalized spacial score (nSPS) is 12.8. The van der Waals surface area contributed by atoms with Crippen molar-refractivity contribution in [2.24, 2.45) is 0 Å². The van der Waals surface area contributed by atoms with E-state index >= 15 is 0 Å². The molecule has 0 saturated heterocycles. The summed E-state index contributed by atoms with van der Waals surface area (Å²) in [5, 5.41) is 10.0. The van der Waals surface area contributed by atoms with Gasteiger partial charge in [0.15, 0.2) is 9.84 Å². The first-order valence-electron chi connectivity index (χ1n) is 5.93. The minimum Gasteiger partial charge on any atom is -0.478 e. The smallest absolute Gasteiger partial charge is 0.335 e. The van der Waals surface area contributed by atoms with Crippen molar-refractivity contribution in [3.05, 3.63) is 28.8 Å². The Morgan fingerprint density at radius 2 is 1.80 bits per heavy atom. The van der Waals surface area contributed by atoms with Gasteiger partial charge in [0.2, 0.25) is 5.91 Å². The maximum absolute atomic E-state index is 12.4. The highest BCUT2D eigenvalue weighted by Gasteiger charge is 2.31. The van der Waals surface area contributed by atoms with Crippen molar-refractivity contribution in [2.75, 3.05) is 7.05 Å². The van der Waals surface area contributed by atoms with E-state index in [-0.39, 0.29) is 10.5 Å². The number of nitrogens with one attached hydrogen (secondary N) is 1. The second-order valence-corrected chi connectivity index (χ2v) is 6.76. The van der Waals surface area contributed by atoms with Gasteiger partial charge in [-0.05, 0) is 44.0 Å². The Hall–Kier alpha value is -1.89. The molecule has 0 saturated carbocycles. The number of aryl methyl sites for hydroxylation is 1. The van der Waals surface area contributed by atoms with E-state index in [4.69, 9.17) is 5.11 Å². The molecule has 2 N–H and O–H groups in total. The lowest BCUT2D eigenvalue weighted by Crippen LogP contribution is -2.36. The van der Waals surface area contributed by atoms with Crippen molar-refractivity contribution in [2.45, 2.75) is 30.9 Å². The zero-order valence-electron chi connectivity index (χ0n) is 11.7. The van der Waals surface area contributed by atoms with Crippen molar-refractivity contribution in [3.63, 3.8) is 0 Å². The largest absolute Gasteiger partial charge is 0.478 e. The lowest BCUT2D eigenvalue weighted by molar-refractivity contribution is -0.119. The van der Waals surface area contributed by atoms with Gasteiger partial charge in [-0.15, -0.1) is 0 Å². The van der Waals surface area contributed by atoms with Crippen LogP contribution >= 0.6 is 0 Å². The SMILES string of the molecule is CNC(=O)C(C)S(=O)(=O)c1cc(C(=O)O)cc(C)c1C. The monoisotopic (exact) mass is 299 g/mol. The molecular weight excluding hydrogens is 282 g/mol. The molecule has 1 rings (SSSR count). The summed E-state index contributed by atoms with van der Waals surface area (Å²) in [6.07, 6.45) is 0. The standard InChI is InChI=1S/C13H17NO5S/c1-7-5-10(13(16)17)6-11(8(7)2)20(18,19)9(3)12(15)14-4/h5-6,9H,1-4H3,(H,14,15)(H,16,17). The third kappa shape index (κ3) is 2.82. The first-order valence-corrected chi connectivity index (χ1v) is 7.47. The summed E-state index contributed by atoms with van der Waals surface area (Å²) < 4.78 is 24.9. The van der Waals surface area contributed by atoms with Gasteiger partial charge in [-0.25, -0.2) is 13.2 Å². The molecule has 0 fully saturated rings. The molecule has 0 aliphatic rings. The number of carboxylic acids is 1. The van der Waals surface area contributed by atoms with Crippen LogP contribution in [0.4, 0.5) is 0 Å². The molecule has 1 amide bonds. The van der Waals surface area contributed by atoms with Crippen molar-refractivity contribution in [3.8, 4) is 0 Å². The molecule has 0 aliphatic heterocycles. The van der Waals surface area contributed by atoms with Crippen molar-refractivity contribution in [1.82, 2.24) is 5.32 Å². The van der Waals surface area contributed by atoms with Crippen LogP contribution in [0.1, 0.15) is 28.4 Å². The summed E-state index contributed by atoms with van der Waals surface area (Å²) in [6.45, 7) is 4.49. The molecule has 1 unspecified atom stereocenters. The maximum atomic E-state index is 12.4. The second-order valence-electron chi connectivity index (χ2n) is 4.52. The van der Waals surface area contributed by atoms with Gasteiger partial charge in [-0.1, -0.05) is 0 Å². The number of aromatic carboxylic acids is 1. The number of rotatable bonds is 4. The Kier molecular flexibility index (Phi) is 4.54. The Morgan fingerprint density at radius 1 is 1.25 bits per heavy atom. The van der Waals surface area contributed by atoms with Gasteiger partial charge in [0, 0.05) is 7.05 Å². The Labute approximate surface area is 117 Å². The first-order chi connectivity index (χ1) is 9.12. The fraction of sp³-hybridized carbons (Fsp3) is 0.385. The average Bonchev–Trinajstić information content (AvgIpc) is 2.39. The Balaban J connectivity index is 3.53. The van der Waals surface area contributed by atoms with E-state index in [2.05, 4.69) is 5.32 Å². The van der Waals surface area contributed by atoms with Crippen LogP contribution in [0.25, 0.3) is 0 Å². The van der Waals surface area contributed by atoms with Crippen LogP contribution < -0.4 is 5.32 Å². The number of amides is 1. The third-order valence-electron chi connectivity index (χ3n) is 3.25. The van der Waals surface area contributed by atoms with E-state index in [9.17, 15) is 18.0 Å². The molecule has 1 aromatic carbocycles. The molecule has 0 heterocycles. The summed E-state index contributed by atoms with van der Waals surface area (Å²) in [4.78, 5) is 22.5. The molecule has 7 heteroatoms. The quantitative estimate of drug-likeness (QED) is 0.860. The predicted molar refractivity (Wildman–Crippen MR) is 73.6 cm³/mol. The molecule has 1 atom stereocenters. The van der Waals surface area contributed by atoms with Gasteiger partial charge in [-0.3, -0.25) is 4.79 Å². The lowest BCUT2D eigenvalue weighted by atomic mass is 10.1. The lowest BCUT2D eigenvalue weighted by Gasteiger charge is -2.15. The second kappa shape index (κ2) is 5.62. The highest BCUT2D eigenvalue weighted by Crippen LogP contribution is 2.25. The van der Waals surface area contributed by atoms with Crippen LogP contribution in [0.3, 0.4) is 0 Å². The van der Waals surface area contributed by atoms with Crippen LogP contribution in [-0.2, 0) is 14.6 Å². The Morgan fingerprint density at radius 3 is 2.25 bits per heavy atom. The molecule has 0 spiro atoms. The number of benzene rings is 1. The first kappa shape index (κ1) is 16.2. The van der Waals surface area contributed by atoms with Crippen molar-refractivity contribution < 1.29 is 23.1 Å². The minimum absolute atomic E-state index is 0.115. The van der Waals surface area contributed by atoms with E-state index in [1.165, 1.54) is 20.0 Å². The van der Waals surface area contributed by atoms with Gasteiger partial charge >= 0.3 is 5.97 Å². The van der Waals surface area contributed by atoms with Crippen LogP contribution in [0.15, 0.2) is 17.0 Å². The predicted octanol–water partition coefficient (Wildman–Crippen LogP) is 0.910. The fourth-order valence-corrected chi connectivity index (χ4v) is 3.44. The number of carboxylic acid groups (broad SMARTS) is 1. The molecule has 0 radical (unpaired) electrons. The number of carbonyl (C=O) groups excluding carboxylic acids is 1. The summed E-state index contributed by atoms with van der Waals surface area (Å²) in [7, 11) is -2.59. The number of hydrogen-bond donors (Lipinski definition) is 2. The zero-order valence-corrected chi connectivity index (χ0v) is 12.5. The van der Waals surface area contributed by atoms with E-state index in [1.807, 2.05) is 0 Å². The molecule has 110 valence electrons. The number of hydrogen-bond acceptors (Lipinski definition) is 4. The molecule has 1 aromatic rings. The average molecular weight is 299 g/mol. The maximum Gasteiger partial charge on any atom is 0.335 e. The van der Waals surface area contributed by atoms with Gasteiger partial charge in [0.05, 0.1) is 10.5 Å². The molecule has 20 heavy (non-hydrogen) atoms. The molecule has 6 nitrogen and oxygen atoms in total. The molecule has 0 aromatic heterocycles. The van der Waals surface area contributed by atoms with Gasteiger partial charge in [-0.2, -0.15) is 0 Å². The molecule has 0 aliphatic carbocycles. The van der Waals surface area contributed by atoms with E-state index in [1.54, 1.807) is 13.8 Å². The zero-order chi connectivity index (χ0) is 15.7. The van der Waals surface area contributed by atoms with Crippen LogP contribution in [0.2, 0.25) is 0 Å². The van der Waals surface area contributed by atoms with E-state index in [0.717, 1.165) is 6.07 Å². The van der Waals surface area contributed by atoms with Crippen molar-refractivity contribution >= 4 is 21.7 Å². The van der Waals surface area contributed by atoms with Gasteiger partial charge in [0.25, 0.3) is 0 Å². The summed E-state index contributed by atoms with van der Waals surface area (Å²) in [5.74, 6) is -1.85. The number of sulfone groups is 1. The van der Waals surface area contributed by atoms with Gasteiger partial charge < -0.3 is 10.4 Å². The van der Waals surface area contributed by atoms with E-state index < -0.39 is 27.0 Å².